The van der Waals surface area contributed by atoms with Crippen LogP contribution in [0.5, 0.6) is 5.75 Å². The van der Waals surface area contributed by atoms with Gasteiger partial charge in [-0.1, -0.05) is 18.6 Å². The number of hydrogen-bond acceptors (Lipinski definition) is 2. The number of methoxy groups -OCH3 is 1. The minimum absolute atomic E-state index is 0.871. The van der Waals surface area contributed by atoms with E-state index in [9.17, 15) is 13.2 Å². The van der Waals surface area contributed by atoms with Gasteiger partial charge in [0, 0.05) is 17.9 Å². The highest BCUT2D eigenvalue weighted by atomic mass is 19.4. The van der Waals surface area contributed by atoms with E-state index >= 15 is 0 Å². The number of quaternary nitrogens is 1. The van der Waals surface area contributed by atoms with Crippen molar-refractivity contribution in [1.82, 2.24) is 0 Å². The van der Waals surface area contributed by atoms with Crippen LogP contribution in [0.15, 0.2) is 24.3 Å². The number of carboxylic acid groups (broad SMARTS) is 1. The lowest BCUT2D eigenvalue weighted by Crippen LogP contribution is -2.52. The molecule has 1 aromatic carbocycles. The zero-order valence-corrected chi connectivity index (χ0v) is 17.3. The molecule has 2 bridgehead atoms. The van der Waals surface area contributed by atoms with Gasteiger partial charge in [-0.15, -0.1) is 0 Å². The number of halogens is 3. The van der Waals surface area contributed by atoms with Crippen molar-refractivity contribution in [2.75, 3.05) is 21.2 Å². The minimum atomic E-state index is -5.08. The number of benzene rings is 1. The molecule has 3 aliphatic rings. The Kier molecular flexibility index (Phi) is 6.18. The van der Waals surface area contributed by atoms with Gasteiger partial charge >= 0.3 is 12.1 Å². The highest BCUT2D eigenvalue weighted by Gasteiger charge is 2.58. The molecule has 3 saturated carbocycles. The Hall–Kier alpha value is -1.76. The molecule has 0 saturated heterocycles. The van der Waals surface area contributed by atoms with E-state index in [1.165, 1.54) is 37.7 Å². The Morgan fingerprint density at radius 1 is 1.17 bits per heavy atom. The fourth-order valence-corrected chi connectivity index (χ4v) is 6.19. The molecular formula is C22H31F3NO3+. The second-order valence-corrected chi connectivity index (χ2v) is 9.31. The average molecular weight is 414 g/mol. The summed E-state index contributed by atoms with van der Waals surface area (Å²) in [5.41, 5.74) is 1.41. The molecule has 5 atom stereocenters. The maximum atomic E-state index is 10.6. The first-order chi connectivity index (χ1) is 13.5. The quantitative estimate of drug-likeness (QED) is 0.725. The SMILES string of the molecule is COc1cccc(C[N+](C)(C)[C@@H]2C[C@@H]3C[C@H]2[C@@H]2CCC[C@H]32)c1.O=C(O)C(F)(F)F. The van der Waals surface area contributed by atoms with Crippen molar-refractivity contribution in [3.05, 3.63) is 29.8 Å². The molecule has 162 valence electrons. The van der Waals surface area contributed by atoms with E-state index in [-0.39, 0.29) is 0 Å². The Bertz CT molecular complexity index is 734. The molecule has 0 aromatic heterocycles. The zero-order chi connectivity index (χ0) is 21.4. The molecule has 0 spiro atoms. The molecule has 0 amide bonds. The molecule has 0 radical (unpaired) electrons. The maximum Gasteiger partial charge on any atom is 0.490 e. The van der Waals surface area contributed by atoms with Crippen LogP contribution >= 0.6 is 0 Å². The third kappa shape index (κ3) is 4.71. The van der Waals surface area contributed by atoms with Gasteiger partial charge in [-0.2, -0.15) is 13.2 Å². The molecule has 0 unspecified atom stereocenters. The van der Waals surface area contributed by atoms with Gasteiger partial charge in [-0.05, 0) is 49.1 Å². The molecule has 0 heterocycles. The van der Waals surface area contributed by atoms with Crippen molar-refractivity contribution in [2.45, 2.75) is 50.9 Å². The number of fused-ring (bicyclic) bond motifs is 5. The second kappa shape index (κ2) is 8.17. The minimum Gasteiger partial charge on any atom is -0.497 e. The summed E-state index contributed by atoms with van der Waals surface area (Å²) in [6.07, 6.45) is 2.46. The number of hydrogen-bond donors (Lipinski definition) is 1. The van der Waals surface area contributed by atoms with Crippen LogP contribution in [-0.4, -0.2) is 49.0 Å². The summed E-state index contributed by atoms with van der Waals surface area (Å²) in [6, 6.07) is 9.52. The summed E-state index contributed by atoms with van der Waals surface area (Å²) in [5, 5.41) is 7.12. The molecule has 1 N–H and O–H groups in total. The van der Waals surface area contributed by atoms with Crippen LogP contribution in [0.1, 0.15) is 37.7 Å². The van der Waals surface area contributed by atoms with Crippen LogP contribution in [0.4, 0.5) is 13.2 Å². The van der Waals surface area contributed by atoms with Crippen molar-refractivity contribution < 1.29 is 32.3 Å². The smallest absolute Gasteiger partial charge is 0.490 e. The van der Waals surface area contributed by atoms with Crippen molar-refractivity contribution in [2.24, 2.45) is 23.7 Å². The number of carboxylic acids is 1. The van der Waals surface area contributed by atoms with Gasteiger partial charge in [0.15, 0.2) is 0 Å². The average Bonchev–Trinajstić information content (AvgIpc) is 3.34. The van der Waals surface area contributed by atoms with Crippen LogP contribution in [0.2, 0.25) is 0 Å². The van der Waals surface area contributed by atoms with E-state index in [1.54, 1.807) is 7.11 Å². The number of carbonyl (C=O) groups is 1. The third-order valence-corrected chi connectivity index (χ3v) is 7.26. The lowest BCUT2D eigenvalue weighted by Gasteiger charge is -2.43. The summed E-state index contributed by atoms with van der Waals surface area (Å²) in [5.74, 6) is 2.43. The van der Waals surface area contributed by atoms with E-state index in [0.717, 1.165) is 46.5 Å². The van der Waals surface area contributed by atoms with Gasteiger partial charge in [-0.25, -0.2) is 4.79 Å². The molecule has 0 aliphatic heterocycles. The van der Waals surface area contributed by atoms with Crippen molar-refractivity contribution >= 4 is 5.97 Å². The van der Waals surface area contributed by atoms with Crippen LogP contribution in [0.3, 0.4) is 0 Å². The number of aliphatic carboxylic acids is 1. The topological polar surface area (TPSA) is 46.5 Å². The Morgan fingerprint density at radius 3 is 2.45 bits per heavy atom. The van der Waals surface area contributed by atoms with Crippen LogP contribution < -0.4 is 4.74 Å². The van der Waals surface area contributed by atoms with Crippen LogP contribution in [0.25, 0.3) is 0 Å². The highest BCUT2D eigenvalue weighted by molar-refractivity contribution is 5.73. The maximum absolute atomic E-state index is 10.6. The van der Waals surface area contributed by atoms with Gasteiger partial charge in [-0.3, -0.25) is 0 Å². The molecule has 7 heteroatoms. The van der Waals surface area contributed by atoms with E-state index in [2.05, 4.69) is 32.3 Å². The van der Waals surface area contributed by atoms with E-state index in [0.29, 0.717) is 0 Å². The Labute approximate surface area is 170 Å². The number of nitrogens with zero attached hydrogens (tertiary/aromatic N) is 1. The summed E-state index contributed by atoms with van der Waals surface area (Å²) in [6.45, 7) is 1.13. The van der Waals surface area contributed by atoms with Gasteiger partial charge in [0.25, 0.3) is 0 Å². The van der Waals surface area contributed by atoms with Gasteiger partial charge in [0.05, 0.1) is 27.2 Å². The molecule has 29 heavy (non-hydrogen) atoms. The lowest BCUT2D eigenvalue weighted by atomic mass is 9.78. The third-order valence-electron chi connectivity index (χ3n) is 7.26. The predicted molar refractivity (Wildman–Crippen MR) is 103 cm³/mol. The van der Waals surface area contributed by atoms with Gasteiger partial charge < -0.3 is 14.3 Å². The van der Waals surface area contributed by atoms with Crippen LogP contribution in [0, 0.1) is 23.7 Å². The Balaban J connectivity index is 0.000000298. The second-order valence-electron chi connectivity index (χ2n) is 9.31. The normalized spacial score (nSPS) is 30.5. The largest absolute Gasteiger partial charge is 0.497 e. The first-order valence-electron chi connectivity index (χ1n) is 10.3. The number of alkyl halides is 3. The fraction of sp³-hybridized carbons (Fsp3) is 0.682. The molecule has 3 aliphatic carbocycles. The van der Waals surface area contributed by atoms with Crippen LogP contribution in [-0.2, 0) is 11.3 Å². The van der Waals surface area contributed by atoms with Crippen molar-refractivity contribution in [3.63, 3.8) is 0 Å². The van der Waals surface area contributed by atoms with Gasteiger partial charge in [0.1, 0.15) is 12.3 Å². The summed E-state index contributed by atoms with van der Waals surface area (Å²) < 4.78 is 38.3. The lowest BCUT2D eigenvalue weighted by molar-refractivity contribution is -0.931. The van der Waals surface area contributed by atoms with E-state index in [1.807, 2.05) is 6.07 Å². The molecule has 3 fully saturated rings. The van der Waals surface area contributed by atoms with Gasteiger partial charge in [0.2, 0.25) is 0 Å². The summed E-state index contributed by atoms with van der Waals surface area (Å²) >= 11 is 0. The predicted octanol–water partition coefficient (Wildman–Crippen LogP) is 4.73. The van der Waals surface area contributed by atoms with E-state index in [4.69, 9.17) is 14.6 Å². The highest BCUT2D eigenvalue weighted by Crippen LogP contribution is 2.60. The monoisotopic (exact) mass is 414 g/mol. The van der Waals surface area contributed by atoms with Crippen molar-refractivity contribution in [3.8, 4) is 5.75 Å². The summed E-state index contributed by atoms with van der Waals surface area (Å²) in [4.78, 5) is 8.90. The molecule has 4 rings (SSSR count). The first-order valence-corrected chi connectivity index (χ1v) is 10.3. The number of ether oxygens (including phenoxy) is 1. The Morgan fingerprint density at radius 2 is 1.83 bits per heavy atom. The molecule has 1 aromatic rings. The molecular weight excluding hydrogens is 383 g/mol. The number of rotatable bonds is 4. The standard InChI is InChI=1S/C20H30NO.C2HF3O2/c1-21(2,13-14-6-4-7-16(10-14)22-3)20-12-15-11-19(20)18-9-5-8-17(15)18;3-2(4,5)1(6)7/h4,6-7,10,15,17-20H,5,8-9,11-13H2,1-3H3;(H,6,7)/q+1;/t15-,17+,18+,19-,20+;/m0./s1. The van der Waals surface area contributed by atoms with Crippen molar-refractivity contribution in [1.29, 1.82) is 0 Å². The fourth-order valence-electron chi connectivity index (χ4n) is 6.19. The molecule has 4 nitrogen and oxygen atoms in total. The zero-order valence-electron chi connectivity index (χ0n) is 17.3. The van der Waals surface area contributed by atoms with E-state index < -0.39 is 12.1 Å². The summed E-state index contributed by atoms with van der Waals surface area (Å²) in [7, 11) is 6.67. The first kappa shape index (κ1) is 21.9.